The van der Waals surface area contributed by atoms with Crippen LogP contribution in [-0.2, 0) is 16.0 Å². The number of methoxy groups -OCH3 is 1. The molecule has 2 aromatic carbocycles. The molecule has 1 atom stereocenters. The van der Waals surface area contributed by atoms with Crippen LogP contribution in [0.5, 0.6) is 0 Å². The Morgan fingerprint density at radius 1 is 1.17 bits per heavy atom. The number of hydrogen-bond donors (Lipinski definition) is 1. The topological polar surface area (TPSA) is 55.4 Å². The van der Waals surface area contributed by atoms with E-state index in [1.165, 1.54) is 25.3 Å². The Morgan fingerprint density at radius 3 is 2.43 bits per heavy atom. The van der Waals surface area contributed by atoms with E-state index in [0.717, 1.165) is 0 Å². The van der Waals surface area contributed by atoms with Crippen LogP contribution in [0, 0.1) is 5.82 Å². The number of halogens is 2. The van der Waals surface area contributed by atoms with E-state index in [2.05, 4.69) is 10.1 Å². The van der Waals surface area contributed by atoms with Crippen molar-refractivity contribution in [3.05, 3.63) is 70.5 Å². The number of carbonyl (C=O) groups excluding carboxylic acids is 2. The summed E-state index contributed by atoms with van der Waals surface area (Å²) in [4.78, 5) is 24.1. The molecular formula is C17H15ClFNO3. The normalized spacial score (nSPS) is 11.6. The van der Waals surface area contributed by atoms with Gasteiger partial charge in [-0.2, -0.15) is 0 Å². The lowest BCUT2D eigenvalue weighted by molar-refractivity contribution is -0.142. The first kappa shape index (κ1) is 17.0. The Bertz CT molecular complexity index is 703. The largest absolute Gasteiger partial charge is 0.467 e. The minimum Gasteiger partial charge on any atom is -0.467 e. The van der Waals surface area contributed by atoms with Gasteiger partial charge in [0.15, 0.2) is 0 Å². The maximum atomic E-state index is 13.7. The van der Waals surface area contributed by atoms with E-state index >= 15 is 0 Å². The molecule has 0 unspecified atom stereocenters. The smallest absolute Gasteiger partial charge is 0.328 e. The van der Waals surface area contributed by atoms with Gasteiger partial charge in [-0.15, -0.1) is 0 Å². The number of rotatable bonds is 5. The first-order valence-corrected chi connectivity index (χ1v) is 7.26. The molecule has 0 radical (unpaired) electrons. The second-order valence-corrected chi connectivity index (χ2v) is 5.29. The van der Waals surface area contributed by atoms with E-state index in [1.807, 2.05) is 0 Å². The van der Waals surface area contributed by atoms with Crippen molar-refractivity contribution in [3.63, 3.8) is 0 Å². The van der Waals surface area contributed by atoms with Crippen molar-refractivity contribution in [1.82, 2.24) is 5.32 Å². The maximum Gasteiger partial charge on any atom is 0.328 e. The Morgan fingerprint density at radius 2 is 1.83 bits per heavy atom. The molecule has 2 rings (SSSR count). The average Bonchev–Trinajstić information content (AvgIpc) is 2.56. The molecular weight excluding hydrogens is 321 g/mol. The van der Waals surface area contributed by atoms with Gasteiger partial charge < -0.3 is 10.1 Å². The molecule has 23 heavy (non-hydrogen) atoms. The highest BCUT2D eigenvalue weighted by molar-refractivity contribution is 6.30. The predicted molar refractivity (Wildman–Crippen MR) is 84.8 cm³/mol. The fraction of sp³-hybridized carbons (Fsp3) is 0.176. The van der Waals surface area contributed by atoms with Crippen LogP contribution in [-0.4, -0.2) is 25.0 Å². The van der Waals surface area contributed by atoms with E-state index < -0.39 is 23.7 Å². The van der Waals surface area contributed by atoms with Gasteiger partial charge in [0, 0.05) is 17.0 Å². The quantitative estimate of drug-likeness (QED) is 0.855. The molecule has 0 aliphatic carbocycles. The Hall–Kier alpha value is -2.40. The van der Waals surface area contributed by atoms with Crippen LogP contribution in [0.3, 0.4) is 0 Å². The van der Waals surface area contributed by atoms with Gasteiger partial charge in [0.1, 0.15) is 11.9 Å². The van der Waals surface area contributed by atoms with Crippen molar-refractivity contribution in [2.24, 2.45) is 0 Å². The Kier molecular flexibility index (Phi) is 5.71. The fourth-order valence-corrected chi connectivity index (χ4v) is 2.19. The van der Waals surface area contributed by atoms with Crippen LogP contribution in [0.1, 0.15) is 15.9 Å². The van der Waals surface area contributed by atoms with Gasteiger partial charge in [-0.3, -0.25) is 4.79 Å². The zero-order valence-corrected chi connectivity index (χ0v) is 13.1. The van der Waals surface area contributed by atoms with Crippen LogP contribution >= 0.6 is 11.6 Å². The summed E-state index contributed by atoms with van der Waals surface area (Å²) in [6.45, 7) is 0. The number of esters is 1. The molecule has 0 saturated carbocycles. The number of nitrogens with one attached hydrogen (secondary N) is 1. The summed E-state index contributed by atoms with van der Waals surface area (Å²) in [5.74, 6) is -1.55. The minimum absolute atomic E-state index is 0.00131. The summed E-state index contributed by atoms with van der Waals surface area (Å²) in [6, 6.07) is 11.3. The van der Waals surface area contributed by atoms with Gasteiger partial charge in [0.25, 0.3) is 5.91 Å². The maximum absolute atomic E-state index is 13.7. The third-order valence-corrected chi connectivity index (χ3v) is 3.53. The summed E-state index contributed by atoms with van der Waals surface area (Å²) in [7, 11) is 1.21. The van der Waals surface area contributed by atoms with Crippen molar-refractivity contribution < 1.29 is 18.7 Å². The predicted octanol–water partition coefficient (Wildman–Crippen LogP) is 2.99. The molecule has 0 aliphatic rings. The van der Waals surface area contributed by atoms with Crippen LogP contribution in [0.15, 0.2) is 48.5 Å². The van der Waals surface area contributed by atoms with E-state index in [1.54, 1.807) is 30.3 Å². The number of ether oxygens (including phenoxy) is 1. The van der Waals surface area contributed by atoms with Crippen molar-refractivity contribution in [3.8, 4) is 0 Å². The summed E-state index contributed by atoms with van der Waals surface area (Å²) in [5, 5.41) is 3.05. The zero-order valence-electron chi connectivity index (χ0n) is 12.4. The van der Waals surface area contributed by atoms with Crippen LogP contribution in [0.4, 0.5) is 4.39 Å². The first-order valence-electron chi connectivity index (χ1n) is 6.89. The molecule has 1 amide bonds. The van der Waals surface area contributed by atoms with Crippen molar-refractivity contribution in [2.45, 2.75) is 12.5 Å². The van der Waals surface area contributed by atoms with E-state index in [4.69, 9.17) is 11.6 Å². The molecule has 6 heteroatoms. The van der Waals surface area contributed by atoms with Crippen LogP contribution in [0.25, 0.3) is 0 Å². The summed E-state index contributed by atoms with van der Waals surface area (Å²) in [6.07, 6.45) is -0.00131. The SMILES string of the molecule is COC(=O)[C@@H](Cc1ccccc1F)NC(=O)c1ccc(Cl)cc1. The lowest BCUT2D eigenvalue weighted by Crippen LogP contribution is -2.43. The molecule has 0 aromatic heterocycles. The molecule has 0 heterocycles. The van der Waals surface area contributed by atoms with Crippen LogP contribution < -0.4 is 5.32 Å². The van der Waals surface area contributed by atoms with Gasteiger partial charge >= 0.3 is 5.97 Å². The number of amides is 1. The number of carbonyl (C=O) groups is 2. The van der Waals surface area contributed by atoms with Gasteiger partial charge in [0.2, 0.25) is 0 Å². The molecule has 0 bridgehead atoms. The minimum atomic E-state index is -0.986. The number of benzene rings is 2. The molecule has 0 aliphatic heterocycles. The Balaban J connectivity index is 2.16. The van der Waals surface area contributed by atoms with Crippen LogP contribution in [0.2, 0.25) is 5.02 Å². The molecule has 0 saturated heterocycles. The highest BCUT2D eigenvalue weighted by Gasteiger charge is 2.23. The van der Waals surface area contributed by atoms with E-state index in [9.17, 15) is 14.0 Å². The number of hydrogen-bond acceptors (Lipinski definition) is 3. The standard InChI is InChI=1S/C17H15ClFNO3/c1-23-17(22)15(10-12-4-2-3-5-14(12)19)20-16(21)11-6-8-13(18)9-7-11/h2-9,15H,10H2,1H3,(H,20,21)/t15-/m1/s1. The second kappa shape index (κ2) is 7.74. The van der Waals surface area contributed by atoms with E-state index in [0.29, 0.717) is 16.1 Å². The fourth-order valence-electron chi connectivity index (χ4n) is 2.06. The summed E-state index contributed by atoms with van der Waals surface area (Å²) in [5.41, 5.74) is 0.663. The molecule has 1 N–H and O–H groups in total. The molecule has 0 fully saturated rings. The van der Waals surface area contributed by atoms with E-state index in [-0.39, 0.29) is 6.42 Å². The summed E-state index contributed by atoms with van der Waals surface area (Å²) < 4.78 is 18.4. The highest BCUT2D eigenvalue weighted by Crippen LogP contribution is 2.12. The molecule has 120 valence electrons. The third-order valence-electron chi connectivity index (χ3n) is 3.28. The lowest BCUT2D eigenvalue weighted by Gasteiger charge is -2.17. The zero-order chi connectivity index (χ0) is 16.8. The van der Waals surface area contributed by atoms with Crippen molar-refractivity contribution in [2.75, 3.05) is 7.11 Å². The van der Waals surface area contributed by atoms with Gasteiger partial charge in [-0.1, -0.05) is 29.8 Å². The van der Waals surface area contributed by atoms with Crippen molar-refractivity contribution in [1.29, 1.82) is 0 Å². The second-order valence-electron chi connectivity index (χ2n) is 4.85. The van der Waals surface area contributed by atoms with Gasteiger partial charge in [-0.05, 0) is 35.9 Å². The van der Waals surface area contributed by atoms with Gasteiger partial charge in [0.05, 0.1) is 7.11 Å². The third kappa shape index (κ3) is 4.53. The Labute approximate surface area is 138 Å². The highest BCUT2D eigenvalue weighted by atomic mass is 35.5. The van der Waals surface area contributed by atoms with Crippen molar-refractivity contribution >= 4 is 23.5 Å². The first-order chi connectivity index (χ1) is 11.0. The average molecular weight is 336 g/mol. The summed E-state index contributed by atoms with van der Waals surface area (Å²) >= 11 is 5.77. The lowest BCUT2D eigenvalue weighted by atomic mass is 10.0. The molecule has 2 aromatic rings. The van der Waals surface area contributed by atoms with Gasteiger partial charge in [-0.25, -0.2) is 9.18 Å². The monoisotopic (exact) mass is 335 g/mol. The molecule has 0 spiro atoms. The molecule has 4 nitrogen and oxygen atoms in total.